The molecule has 31 heavy (non-hydrogen) atoms. The average Bonchev–Trinajstić information content (AvgIpc) is 2.75. The van der Waals surface area contributed by atoms with E-state index in [0.29, 0.717) is 39.7 Å². The predicted octanol–water partition coefficient (Wildman–Crippen LogP) is 6.37. The van der Waals surface area contributed by atoms with Crippen LogP contribution >= 0.6 is 0 Å². The molecule has 0 N–H and O–H groups in total. The van der Waals surface area contributed by atoms with Crippen LogP contribution in [0.3, 0.4) is 0 Å². The Hall–Kier alpha value is -2.75. The Bertz CT molecular complexity index is 948. The number of Topliss-reactive ketones (excluding diaryl/α,β-unsaturated/α-hetero) is 1. The number of fused-ring (bicyclic) bond motifs is 1. The van der Waals surface area contributed by atoms with Gasteiger partial charge in [0.25, 0.3) is 0 Å². The zero-order chi connectivity index (χ0) is 22.6. The van der Waals surface area contributed by atoms with Crippen molar-refractivity contribution < 1.29 is 19.0 Å². The average molecular weight is 423 g/mol. The second-order valence-corrected chi connectivity index (χ2v) is 9.63. The summed E-state index contributed by atoms with van der Waals surface area (Å²) in [6.07, 6.45) is 5.27. The predicted molar refractivity (Wildman–Crippen MR) is 125 cm³/mol. The number of aryl methyl sites for hydroxylation is 1. The fraction of sp³-hybridized carbons (Fsp3) is 0.444. The molecule has 3 rings (SSSR count). The van der Waals surface area contributed by atoms with Crippen molar-refractivity contribution in [2.75, 3.05) is 20.8 Å². The number of hydrogen-bond donors (Lipinski definition) is 0. The maximum Gasteiger partial charge on any atom is 0.192 e. The molecule has 0 saturated carbocycles. The monoisotopic (exact) mass is 422 g/mol. The molecule has 0 aromatic heterocycles. The molecule has 1 aliphatic rings. The van der Waals surface area contributed by atoms with Crippen LogP contribution in [0.25, 0.3) is 6.08 Å². The van der Waals surface area contributed by atoms with Crippen molar-refractivity contribution >= 4 is 11.9 Å². The lowest BCUT2D eigenvalue weighted by molar-refractivity contribution is 0.102. The first-order valence-corrected chi connectivity index (χ1v) is 10.9. The minimum absolute atomic E-state index is 0.0174. The Kier molecular flexibility index (Phi) is 7.09. The summed E-state index contributed by atoms with van der Waals surface area (Å²) in [6.45, 7) is 9.42. The zero-order valence-electron chi connectivity index (χ0n) is 19.6. The van der Waals surface area contributed by atoms with Crippen LogP contribution < -0.4 is 14.2 Å². The molecule has 4 heteroatoms. The summed E-state index contributed by atoms with van der Waals surface area (Å²) < 4.78 is 16.6. The van der Waals surface area contributed by atoms with Gasteiger partial charge in [0.1, 0.15) is 23.9 Å². The maximum absolute atomic E-state index is 13.1. The van der Waals surface area contributed by atoms with Crippen LogP contribution in [0.15, 0.2) is 42.0 Å². The van der Waals surface area contributed by atoms with Gasteiger partial charge < -0.3 is 14.2 Å². The Morgan fingerprint density at radius 2 is 1.81 bits per heavy atom. The van der Waals surface area contributed by atoms with E-state index in [2.05, 4.69) is 39.8 Å². The molecule has 0 saturated heterocycles. The topological polar surface area (TPSA) is 44.8 Å². The lowest BCUT2D eigenvalue weighted by Crippen LogP contribution is -2.16. The Morgan fingerprint density at radius 3 is 2.42 bits per heavy atom. The van der Waals surface area contributed by atoms with Crippen molar-refractivity contribution in [1.29, 1.82) is 0 Å². The van der Waals surface area contributed by atoms with Crippen LogP contribution in [-0.4, -0.2) is 26.6 Å². The van der Waals surface area contributed by atoms with Crippen molar-refractivity contribution in [2.24, 2.45) is 11.3 Å². The lowest BCUT2D eigenvalue weighted by Gasteiger charge is -2.23. The van der Waals surface area contributed by atoms with Crippen LogP contribution in [0, 0.1) is 11.3 Å². The summed E-state index contributed by atoms with van der Waals surface area (Å²) in [4.78, 5) is 13.1. The molecule has 0 radical (unpaired) electrons. The standard InChI is InChI=1S/C27H34O4/c1-18(16-27(2,3)4)7-8-19-9-11-20(12-10-19)26(28)21-13-23-24(30-6)14-22(29-5)15-25(23)31-17-21/h9-15,18H,7-8,16-17H2,1-6H3. The lowest BCUT2D eigenvalue weighted by atomic mass is 9.83. The Labute approximate surface area is 186 Å². The molecule has 1 heterocycles. The molecule has 4 nitrogen and oxygen atoms in total. The quantitative estimate of drug-likeness (QED) is 0.464. The maximum atomic E-state index is 13.1. The SMILES string of the molecule is COc1cc(OC)c2c(c1)OCC(C(=O)c1ccc(CCC(C)CC(C)(C)C)cc1)=C2. The van der Waals surface area contributed by atoms with Crippen LogP contribution in [0.5, 0.6) is 17.2 Å². The van der Waals surface area contributed by atoms with E-state index in [1.54, 1.807) is 20.3 Å². The molecule has 0 fully saturated rings. The largest absolute Gasteiger partial charge is 0.496 e. The highest BCUT2D eigenvalue weighted by atomic mass is 16.5. The summed E-state index contributed by atoms with van der Waals surface area (Å²) in [5.74, 6) is 2.61. The number of ether oxygens (including phenoxy) is 3. The minimum Gasteiger partial charge on any atom is -0.496 e. The van der Waals surface area contributed by atoms with Gasteiger partial charge in [0, 0.05) is 23.3 Å². The number of rotatable bonds is 8. The number of carbonyl (C=O) groups excluding carboxylic acids is 1. The summed E-state index contributed by atoms with van der Waals surface area (Å²) in [5, 5.41) is 0. The van der Waals surface area contributed by atoms with Crippen molar-refractivity contribution in [3.8, 4) is 17.2 Å². The molecule has 2 aromatic rings. The van der Waals surface area contributed by atoms with E-state index in [4.69, 9.17) is 14.2 Å². The van der Waals surface area contributed by atoms with Gasteiger partial charge >= 0.3 is 0 Å². The summed E-state index contributed by atoms with van der Waals surface area (Å²) in [7, 11) is 3.20. The number of hydrogen-bond acceptors (Lipinski definition) is 4. The van der Waals surface area contributed by atoms with Gasteiger partial charge in [0.15, 0.2) is 5.78 Å². The van der Waals surface area contributed by atoms with Gasteiger partial charge in [-0.05, 0) is 42.2 Å². The normalized spacial score (nSPS) is 14.2. The van der Waals surface area contributed by atoms with E-state index in [0.717, 1.165) is 18.4 Å². The van der Waals surface area contributed by atoms with Crippen LogP contribution in [0.1, 0.15) is 62.0 Å². The first-order chi connectivity index (χ1) is 14.7. The van der Waals surface area contributed by atoms with Gasteiger partial charge in [-0.25, -0.2) is 0 Å². The smallest absolute Gasteiger partial charge is 0.192 e. The third-order valence-electron chi connectivity index (χ3n) is 5.63. The van der Waals surface area contributed by atoms with Gasteiger partial charge in [-0.15, -0.1) is 0 Å². The number of ketones is 1. The fourth-order valence-corrected chi connectivity index (χ4v) is 4.20. The van der Waals surface area contributed by atoms with E-state index in [9.17, 15) is 4.79 Å². The number of benzene rings is 2. The molecule has 0 aliphatic carbocycles. The van der Waals surface area contributed by atoms with E-state index < -0.39 is 0 Å². The third kappa shape index (κ3) is 5.90. The molecule has 0 amide bonds. The van der Waals surface area contributed by atoms with Crippen molar-refractivity contribution in [2.45, 2.75) is 47.0 Å². The van der Waals surface area contributed by atoms with Gasteiger partial charge in [-0.1, -0.05) is 52.0 Å². The summed E-state index contributed by atoms with van der Waals surface area (Å²) in [5.41, 5.74) is 3.69. The highest BCUT2D eigenvalue weighted by Gasteiger charge is 2.22. The molecule has 1 unspecified atom stereocenters. The highest BCUT2D eigenvalue weighted by Crippen LogP contribution is 2.38. The van der Waals surface area contributed by atoms with Crippen molar-refractivity contribution in [3.05, 3.63) is 58.7 Å². The Morgan fingerprint density at radius 1 is 1.10 bits per heavy atom. The summed E-state index contributed by atoms with van der Waals surface area (Å²) >= 11 is 0. The zero-order valence-corrected chi connectivity index (χ0v) is 19.6. The third-order valence-corrected chi connectivity index (χ3v) is 5.63. The molecule has 0 bridgehead atoms. The minimum atomic E-state index is -0.0174. The van der Waals surface area contributed by atoms with Gasteiger partial charge in [0.05, 0.1) is 19.8 Å². The van der Waals surface area contributed by atoms with Crippen LogP contribution in [0.4, 0.5) is 0 Å². The highest BCUT2D eigenvalue weighted by molar-refractivity contribution is 6.12. The molecular formula is C27H34O4. The van der Waals surface area contributed by atoms with Crippen LogP contribution in [-0.2, 0) is 6.42 Å². The molecule has 166 valence electrons. The Balaban J connectivity index is 1.70. The van der Waals surface area contributed by atoms with Gasteiger partial charge in [0.2, 0.25) is 0 Å². The van der Waals surface area contributed by atoms with E-state index >= 15 is 0 Å². The van der Waals surface area contributed by atoms with Crippen molar-refractivity contribution in [1.82, 2.24) is 0 Å². The molecule has 0 spiro atoms. The molecule has 2 aromatic carbocycles. The summed E-state index contributed by atoms with van der Waals surface area (Å²) in [6, 6.07) is 11.6. The first kappa shape index (κ1) is 22.9. The van der Waals surface area contributed by atoms with E-state index in [1.165, 1.54) is 12.0 Å². The second-order valence-electron chi connectivity index (χ2n) is 9.63. The van der Waals surface area contributed by atoms with E-state index in [-0.39, 0.29) is 12.4 Å². The molecular weight excluding hydrogens is 388 g/mol. The van der Waals surface area contributed by atoms with Crippen molar-refractivity contribution in [3.63, 3.8) is 0 Å². The second kappa shape index (κ2) is 9.59. The van der Waals surface area contributed by atoms with Gasteiger partial charge in [-0.2, -0.15) is 0 Å². The molecule has 1 aliphatic heterocycles. The van der Waals surface area contributed by atoms with Gasteiger partial charge in [-0.3, -0.25) is 4.79 Å². The van der Waals surface area contributed by atoms with E-state index in [1.807, 2.05) is 24.3 Å². The first-order valence-electron chi connectivity index (χ1n) is 10.9. The van der Waals surface area contributed by atoms with Crippen LogP contribution in [0.2, 0.25) is 0 Å². The fourth-order valence-electron chi connectivity index (χ4n) is 4.20. The molecule has 1 atom stereocenters. The number of methoxy groups -OCH3 is 2. The number of carbonyl (C=O) groups is 1.